The van der Waals surface area contributed by atoms with Gasteiger partial charge in [-0.3, -0.25) is 9.69 Å². The molecule has 1 aliphatic rings. The maximum atomic E-state index is 13.6. The lowest BCUT2D eigenvalue weighted by Gasteiger charge is -2.19. The summed E-state index contributed by atoms with van der Waals surface area (Å²) in [6.45, 7) is 7.71. The number of nitrogens with zero attached hydrogens (tertiary/aromatic N) is 2. The lowest BCUT2D eigenvalue weighted by atomic mass is 10.0. The summed E-state index contributed by atoms with van der Waals surface area (Å²) in [7, 11) is 2.95. The van der Waals surface area contributed by atoms with Gasteiger partial charge in [0.15, 0.2) is 0 Å². The van der Waals surface area contributed by atoms with Gasteiger partial charge in [-0.05, 0) is 75.2 Å². The van der Waals surface area contributed by atoms with Gasteiger partial charge in [0.05, 0.1) is 41.8 Å². The number of allylic oxidation sites excluding steroid dienone is 1. The Labute approximate surface area is 210 Å². The van der Waals surface area contributed by atoms with E-state index in [4.69, 9.17) is 21.1 Å². The van der Waals surface area contributed by atoms with Crippen LogP contribution in [0.3, 0.4) is 0 Å². The van der Waals surface area contributed by atoms with Gasteiger partial charge in [-0.2, -0.15) is 0 Å². The van der Waals surface area contributed by atoms with Crippen molar-refractivity contribution in [1.82, 2.24) is 4.57 Å². The van der Waals surface area contributed by atoms with Gasteiger partial charge in [-0.15, -0.1) is 0 Å². The van der Waals surface area contributed by atoms with Gasteiger partial charge in [0, 0.05) is 17.1 Å². The monoisotopic (exact) mass is 490 g/mol. The van der Waals surface area contributed by atoms with E-state index in [0.29, 0.717) is 16.4 Å². The number of hydrogen-bond donors (Lipinski definition) is 0. The van der Waals surface area contributed by atoms with Crippen LogP contribution in [-0.2, 0) is 14.3 Å². The fraction of sp³-hybridized carbons (Fsp3) is 0.214. The fourth-order valence-electron chi connectivity index (χ4n) is 4.54. The summed E-state index contributed by atoms with van der Waals surface area (Å²) in [5, 5.41) is 0.412. The molecule has 2 aromatic carbocycles. The minimum absolute atomic E-state index is 0.218. The van der Waals surface area contributed by atoms with E-state index < -0.39 is 5.97 Å². The maximum absolute atomic E-state index is 13.6. The lowest BCUT2D eigenvalue weighted by molar-refractivity contribution is -0.136. The molecule has 0 spiro atoms. The molecule has 3 aromatic rings. The second-order valence-electron chi connectivity index (χ2n) is 8.44. The van der Waals surface area contributed by atoms with Crippen LogP contribution in [0.2, 0.25) is 5.02 Å². The third-order valence-corrected chi connectivity index (χ3v) is 6.55. The number of carbonyl (C=O) groups excluding carboxylic acids is 2. The number of esters is 1. The minimum Gasteiger partial charge on any atom is -0.495 e. The predicted molar refractivity (Wildman–Crippen MR) is 138 cm³/mol. The Morgan fingerprint density at radius 3 is 2.34 bits per heavy atom. The van der Waals surface area contributed by atoms with Crippen molar-refractivity contribution in [2.75, 3.05) is 19.1 Å². The third kappa shape index (κ3) is 4.15. The number of aromatic nitrogens is 1. The van der Waals surface area contributed by atoms with E-state index in [9.17, 15) is 9.59 Å². The first-order valence-corrected chi connectivity index (χ1v) is 11.5. The van der Waals surface area contributed by atoms with Gasteiger partial charge in [0.25, 0.3) is 5.91 Å². The van der Waals surface area contributed by atoms with Gasteiger partial charge in [0.1, 0.15) is 5.75 Å². The Kier molecular flexibility index (Phi) is 6.59. The minimum atomic E-state index is -0.578. The van der Waals surface area contributed by atoms with Crippen molar-refractivity contribution in [3.05, 3.63) is 92.9 Å². The average molecular weight is 491 g/mol. The number of methoxy groups -OCH3 is 2. The van der Waals surface area contributed by atoms with Crippen LogP contribution in [0.4, 0.5) is 5.69 Å². The molecule has 4 rings (SSSR count). The van der Waals surface area contributed by atoms with E-state index in [1.54, 1.807) is 44.4 Å². The number of hydrogen-bond acceptors (Lipinski definition) is 4. The molecule has 35 heavy (non-hydrogen) atoms. The molecular weight excluding hydrogens is 464 g/mol. The Bertz CT molecular complexity index is 1410. The summed E-state index contributed by atoms with van der Waals surface area (Å²) in [5.74, 6) is -0.177. The molecule has 1 aliphatic heterocycles. The Hall–Kier alpha value is -3.77. The summed E-state index contributed by atoms with van der Waals surface area (Å²) < 4.78 is 12.7. The maximum Gasteiger partial charge on any atom is 0.340 e. The first kappa shape index (κ1) is 24.4. The molecule has 7 heteroatoms. The summed E-state index contributed by atoms with van der Waals surface area (Å²) >= 11 is 6.40. The molecule has 0 atom stereocenters. The zero-order chi connectivity index (χ0) is 25.4. The molecule has 0 unspecified atom stereocenters. The van der Waals surface area contributed by atoms with Crippen molar-refractivity contribution in [2.45, 2.75) is 27.7 Å². The standard InChI is InChI=1S/C28H27ClN2O4/c1-16-11-12-25(34-5)24(13-16)30-17(2)14-20(18(30)3)15-21-26(28(33)35-6)19(4)31(27(21)32)23-10-8-7-9-22(23)29/h7-15H,1-6H3. The SMILES string of the molecule is COC(=O)C1=C(C)N(c2ccccc2Cl)C(=O)C1=Cc1cc(C)n(-c2cc(C)ccc2OC)c1C. The molecule has 1 amide bonds. The first-order chi connectivity index (χ1) is 16.7. The molecule has 2 heterocycles. The van der Waals surface area contributed by atoms with Crippen molar-refractivity contribution in [1.29, 1.82) is 0 Å². The summed E-state index contributed by atoms with van der Waals surface area (Å²) in [6, 6.07) is 15.0. The molecule has 0 saturated carbocycles. The first-order valence-electron chi connectivity index (χ1n) is 11.1. The van der Waals surface area contributed by atoms with E-state index in [2.05, 4.69) is 10.6 Å². The van der Waals surface area contributed by atoms with Crippen LogP contribution < -0.4 is 9.64 Å². The van der Waals surface area contributed by atoms with Gasteiger partial charge >= 0.3 is 5.97 Å². The molecule has 0 radical (unpaired) electrons. The highest BCUT2D eigenvalue weighted by Crippen LogP contribution is 2.39. The van der Waals surface area contributed by atoms with E-state index in [1.807, 2.05) is 39.0 Å². The fourth-order valence-corrected chi connectivity index (χ4v) is 4.76. The van der Waals surface area contributed by atoms with Crippen molar-refractivity contribution in [3.8, 4) is 11.4 Å². The Morgan fingerprint density at radius 1 is 0.971 bits per heavy atom. The zero-order valence-electron chi connectivity index (χ0n) is 20.6. The van der Waals surface area contributed by atoms with Gasteiger partial charge in [0.2, 0.25) is 0 Å². The summed E-state index contributed by atoms with van der Waals surface area (Å²) in [4.78, 5) is 27.9. The van der Waals surface area contributed by atoms with E-state index in [0.717, 1.165) is 34.0 Å². The molecule has 6 nitrogen and oxygen atoms in total. The van der Waals surface area contributed by atoms with Crippen LogP contribution in [0.25, 0.3) is 11.8 Å². The third-order valence-electron chi connectivity index (χ3n) is 6.23. The summed E-state index contributed by atoms with van der Waals surface area (Å²) in [6.07, 6.45) is 1.75. The number of benzene rings is 2. The quantitative estimate of drug-likeness (QED) is 0.328. The molecule has 180 valence electrons. The highest BCUT2D eigenvalue weighted by atomic mass is 35.5. The number of carbonyl (C=O) groups is 2. The number of anilines is 1. The van der Waals surface area contributed by atoms with Crippen molar-refractivity contribution < 1.29 is 19.1 Å². The molecular formula is C28H27ClN2O4. The van der Waals surface area contributed by atoms with E-state index in [-0.39, 0.29) is 17.1 Å². The summed E-state index contributed by atoms with van der Waals surface area (Å²) in [5.41, 5.74) is 6.14. The number of aryl methyl sites for hydroxylation is 2. The molecule has 0 fully saturated rings. The molecule has 0 N–H and O–H groups in total. The van der Waals surface area contributed by atoms with Crippen LogP contribution in [0.1, 0.15) is 29.4 Å². The number of ether oxygens (including phenoxy) is 2. The number of halogens is 1. The van der Waals surface area contributed by atoms with Crippen LogP contribution in [0.15, 0.2) is 65.4 Å². The molecule has 0 bridgehead atoms. The highest BCUT2D eigenvalue weighted by Gasteiger charge is 2.38. The largest absolute Gasteiger partial charge is 0.495 e. The topological polar surface area (TPSA) is 60.8 Å². The molecule has 1 aromatic heterocycles. The van der Waals surface area contributed by atoms with Crippen LogP contribution >= 0.6 is 11.6 Å². The highest BCUT2D eigenvalue weighted by molar-refractivity contribution is 6.35. The lowest BCUT2D eigenvalue weighted by Crippen LogP contribution is -2.24. The van der Waals surface area contributed by atoms with Crippen molar-refractivity contribution in [2.24, 2.45) is 0 Å². The van der Waals surface area contributed by atoms with Crippen LogP contribution in [0.5, 0.6) is 5.75 Å². The van der Waals surface area contributed by atoms with Gasteiger partial charge < -0.3 is 14.0 Å². The number of para-hydroxylation sites is 1. The van der Waals surface area contributed by atoms with Crippen LogP contribution in [-0.4, -0.2) is 30.7 Å². The molecule has 0 saturated heterocycles. The van der Waals surface area contributed by atoms with Crippen molar-refractivity contribution >= 4 is 35.2 Å². The Balaban J connectivity index is 1.89. The van der Waals surface area contributed by atoms with Gasteiger partial charge in [-0.25, -0.2) is 4.79 Å². The zero-order valence-corrected chi connectivity index (χ0v) is 21.4. The number of amides is 1. The smallest absolute Gasteiger partial charge is 0.340 e. The predicted octanol–water partition coefficient (Wildman–Crippen LogP) is 5.94. The normalized spacial score (nSPS) is 14.8. The second-order valence-corrected chi connectivity index (χ2v) is 8.85. The van der Waals surface area contributed by atoms with E-state index >= 15 is 0 Å². The van der Waals surface area contributed by atoms with Crippen molar-refractivity contribution in [3.63, 3.8) is 0 Å². The van der Waals surface area contributed by atoms with Gasteiger partial charge in [-0.1, -0.05) is 29.8 Å². The van der Waals surface area contributed by atoms with E-state index in [1.165, 1.54) is 12.0 Å². The molecule has 0 aliphatic carbocycles. The second kappa shape index (κ2) is 9.47. The number of rotatable bonds is 5. The average Bonchev–Trinajstić information content (AvgIpc) is 3.25. The van der Waals surface area contributed by atoms with Crippen LogP contribution in [0, 0.1) is 20.8 Å². The Morgan fingerprint density at radius 2 is 1.69 bits per heavy atom.